The molecule has 0 fully saturated rings. The summed E-state index contributed by atoms with van der Waals surface area (Å²) in [7, 11) is 10.7. The Labute approximate surface area is 426 Å². The van der Waals surface area contributed by atoms with Crippen LogP contribution < -0.4 is 10.4 Å². The molecule has 0 spiro atoms. The molecular formula is C64H57Cl2SiZr-3. The van der Waals surface area contributed by atoms with E-state index in [9.17, 15) is 0 Å². The van der Waals surface area contributed by atoms with Crippen molar-refractivity contribution in [3.8, 4) is 55.6 Å². The maximum atomic E-state index is 4.93. The molecule has 1 aliphatic rings. The number of benzene rings is 8. The van der Waals surface area contributed by atoms with Gasteiger partial charge in [0.1, 0.15) is 0 Å². The Morgan fingerprint density at radius 3 is 1.35 bits per heavy atom. The van der Waals surface area contributed by atoms with Gasteiger partial charge in [-0.25, -0.2) is 0 Å². The molecule has 338 valence electrons. The zero-order valence-corrected chi connectivity index (χ0v) is 44.8. The molecule has 1 heterocycles. The van der Waals surface area contributed by atoms with Crippen molar-refractivity contribution >= 4 is 58.5 Å². The first-order chi connectivity index (χ1) is 33.2. The average molecular weight is 1020 g/mol. The van der Waals surface area contributed by atoms with E-state index in [1.54, 1.807) is 0 Å². The molecule has 0 aromatic heterocycles. The molecule has 0 atom stereocenters. The molecule has 0 bridgehead atoms. The van der Waals surface area contributed by atoms with E-state index < -0.39 is 20.8 Å². The van der Waals surface area contributed by atoms with Crippen LogP contribution in [0.4, 0.5) is 0 Å². The molecule has 4 heteroatoms. The Hall–Kier alpha value is -5.34. The summed E-state index contributed by atoms with van der Waals surface area (Å²) in [5.74, 6) is 0.990. The summed E-state index contributed by atoms with van der Waals surface area (Å²) in [4.78, 5) is 0. The molecule has 11 rings (SSSR count). The van der Waals surface area contributed by atoms with Crippen molar-refractivity contribution in [1.29, 1.82) is 0 Å². The topological polar surface area (TPSA) is 0 Å². The smallest absolute Gasteiger partial charge is 0.0920 e. The monoisotopic (exact) mass is 1010 g/mol. The molecule has 0 saturated heterocycles. The summed E-state index contributed by atoms with van der Waals surface area (Å²) in [6, 6.07) is 75.9. The molecule has 10 aromatic rings. The quantitative estimate of drug-likeness (QED) is 0.105. The molecule has 2 radical (unpaired) electrons. The van der Waals surface area contributed by atoms with Gasteiger partial charge < -0.3 is 0 Å². The van der Waals surface area contributed by atoms with Crippen LogP contribution in [0.15, 0.2) is 200 Å². The van der Waals surface area contributed by atoms with Crippen molar-refractivity contribution < 1.29 is 20.8 Å². The van der Waals surface area contributed by atoms with E-state index in [0.29, 0.717) is 11.8 Å². The number of rotatable bonds is 8. The van der Waals surface area contributed by atoms with Crippen molar-refractivity contribution in [2.75, 3.05) is 0 Å². The van der Waals surface area contributed by atoms with Crippen molar-refractivity contribution in [2.45, 2.75) is 66.2 Å². The van der Waals surface area contributed by atoms with Gasteiger partial charge in [0.25, 0.3) is 0 Å². The third-order valence-corrected chi connectivity index (χ3v) is 14.3. The predicted octanol–water partition coefficient (Wildman–Crippen LogP) is 17.7. The van der Waals surface area contributed by atoms with Crippen LogP contribution in [0, 0.1) is 6.07 Å². The van der Waals surface area contributed by atoms with E-state index in [0.717, 1.165) is 22.4 Å². The van der Waals surface area contributed by atoms with Gasteiger partial charge >= 0.3 is 37.9 Å². The normalized spacial score (nSPS) is 11.3. The molecule has 0 aliphatic carbocycles. The Morgan fingerprint density at radius 1 is 0.485 bits per heavy atom. The van der Waals surface area contributed by atoms with E-state index in [4.69, 9.17) is 17.0 Å². The van der Waals surface area contributed by atoms with E-state index in [1.807, 2.05) is 6.07 Å². The molecule has 0 saturated carbocycles. The third-order valence-electron chi connectivity index (χ3n) is 13.0. The van der Waals surface area contributed by atoms with Gasteiger partial charge in [-0.15, -0.1) is 74.6 Å². The third kappa shape index (κ3) is 10.9. The maximum Gasteiger partial charge on any atom is 0.0920 e. The summed E-state index contributed by atoms with van der Waals surface area (Å²) >= 11 is -0.826. The van der Waals surface area contributed by atoms with Crippen molar-refractivity contribution in [2.24, 2.45) is 0 Å². The van der Waals surface area contributed by atoms with Crippen LogP contribution in [-0.2, 0) is 33.7 Å². The fourth-order valence-electron chi connectivity index (χ4n) is 9.63. The van der Waals surface area contributed by atoms with Crippen LogP contribution in [-0.4, -0.2) is 9.52 Å². The van der Waals surface area contributed by atoms with Crippen molar-refractivity contribution in [3.63, 3.8) is 0 Å². The van der Waals surface area contributed by atoms with Crippen LogP contribution >= 0.6 is 17.0 Å². The summed E-state index contributed by atoms with van der Waals surface area (Å²) < 4.78 is 0. The van der Waals surface area contributed by atoms with Crippen molar-refractivity contribution in [3.05, 3.63) is 229 Å². The molecular weight excluding hydrogens is 959 g/mol. The minimum Gasteiger partial charge on any atom is -0.184 e. The second-order valence-electron chi connectivity index (χ2n) is 17.8. The maximum absolute atomic E-state index is 4.93. The predicted molar refractivity (Wildman–Crippen MR) is 295 cm³/mol. The Bertz CT molecular complexity index is 3010. The van der Waals surface area contributed by atoms with Crippen LogP contribution in [0.1, 0.15) is 75.6 Å². The number of aryl methyl sites for hydroxylation is 2. The molecule has 1 aliphatic heterocycles. The first kappa shape index (κ1) is 49.1. The molecule has 10 aromatic carbocycles. The van der Waals surface area contributed by atoms with E-state index in [1.165, 1.54) is 110 Å². The minimum absolute atomic E-state index is 0.495. The van der Waals surface area contributed by atoms with Crippen molar-refractivity contribution in [1.82, 2.24) is 0 Å². The summed E-state index contributed by atoms with van der Waals surface area (Å²) in [5, 5.41) is 8.22. The number of halogens is 2. The van der Waals surface area contributed by atoms with Gasteiger partial charge in [0, 0.05) is 0 Å². The van der Waals surface area contributed by atoms with E-state index in [-0.39, 0.29) is 0 Å². The second-order valence-corrected chi connectivity index (χ2v) is 22.8. The second kappa shape index (κ2) is 23.3. The largest absolute Gasteiger partial charge is 0.184 e. The average Bonchev–Trinajstić information content (AvgIpc) is 4.13. The SMILES string of the molecule is CCc1ccccc1-c1c(C(C)C)ccc2[cH-]c(-c3ccccc3)cc12.CCc1ccccc1-c1c(C(C)C)ccc2[cH-]c(-c3ccccc3)cc12.[Cl][Zr][Cl].[c-]1cccc2c1[Si]c1ccccc1-2. The fourth-order valence-corrected chi connectivity index (χ4v) is 10.9. The van der Waals surface area contributed by atoms with Gasteiger partial charge in [-0.2, -0.15) is 29.5 Å². The molecule has 0 unspecified atom stereocenters. The van der Waals surface area contributed by atoms with Crippen LogP contribution in [0.5, 0.6) is 0 Å². The van der Waals surface area contributed by atoms with Gasteiger partial charge in [-0.3, -0.25) is 0 Å². The molecule has 68 heavy (non-hydrogen) atoms. The zero-order chi connectivity index (χ0) is 47.6. The van der Waals surface area contributed by atoms with E-state index >= 15 is 0 Å². The fraction of sp³-hybridized carbons (Fsp3) is 0.156. The number of hydrogen-bond acceptors (Lipinski definition) is 0. The van der Waals surface area contributed by atoms with Gasteiger partial charge in [-0.1, -0.05) is 220 Å². The molecule has 0 nitrogen and oxygen atoms in total. The minimum atomic E-state index is -0.826. The Kier molecular flexibility index (Phi) is 16.8. The first-order valence-electron chi connectivity index (χ1n) is 23.8. The molecule has 0 amide bonds. The summed E-state index contributed by atoms with van der Waals surface area (Å²) in [5.41, 5.74) is 19.2. The van der Waals surface area contributed by atoms with Gasteiger partial charge in [0.05, 0.1) is 9.52 Å². The van der Waals surface area contributed by atoms with Gasteiger partial charge in [-0.05, 0) is 58.1 Å². The van der Waals surface area contributed by atoms with Crippen LogP contribution in [0.3, 0.4) is 0 Å². The van der Waals surface area contributed by atoms with Crippen LogP contribution in [0.25, 0.3) is 77.2 Å². The standard InChI is InChI=1S/2C26H25.C12H7Si.2ClH.Zr/c2*1-4-19-10-8-9-13-24(19)26-23(18(2)3)15-14-21-16-22(17-25(21)26)20-11-6-5-7-12-20;1-3-7-11-9(5-1)10-6-2-4-8-12(10)13-11;;;/h2*5-18H,4H2,1-3H3;1-7H;2*1H;/q3*-1;;;+2/p-2. The number of hydrogen-bond donors (Lipinski definition) is 0. The van der Waals surface area contributed by atoms with Gasteiger partial charge in [0.15, 0.2) is 0 Å². The summed E-state index contributed by atoms with van der Waals surface area (Å²) in [6.45, 7) is 13.7. The Morgan fingerprint density at radius 2 is 0.897 bits per heavy atom. The first-order valence-corrected chi connectivity index (χ1v) is 31.1. The zero-order valence-electron chi connectivity index (χ0n) is 39.9. The molecule has 0 N–H and O–H groups in total. The Balaban J connectivity index is 0.000000140. The van der Waals surface area contributed by atoms with Crippen LogP contribution in [0.2, 0.25) is 0 Å². The number of fused-ring (bicyclic) bond motifs is 5. The van der Waals surface area contributed by atoms with Gasteiger partial charge in [0.2, 0.25) is 0 Å². The van der Waals surface area contributed by atoms with E-state index in [2.05, 4.69) is 242 Å². The summed E-state index contributed by atoms with van der Waals surface area (Å²) in [6.07, 6.45) is 2.10.